The van der Waals surface area contributed by atoms with Crippen LogP contribution in [0.3, 0.4) is 0 Å². The summed E-state index contributed by atoms with van der Waals surface area (Å²) in [5.41, 5.74) is 2.44. The number of carbonyl (C=O) groups is 1. The van der Waals surface area contributed by atoms with Crippen LogP contribution >= 0.6 is 0 Å². The molecule has 33 heavy (non-hydrogen) atoms. The molecule has 2 rings (SSSR count). The lowest BCUT2D eigenvalue weighted by atomic mass is 9.91. The van der Waals surface area contributed by atoms with Crippen LogP contribution in [-0.4, -0.2) is 17.7 Å². The molecule has 3 nitrogen and oxygen atoms in total. The van der Waals surface area contributed by atoms with Crippen molar-refractivity contribution in [1.82, 2.24) is 0 Å². The lowest BCUT2D eigenvalue weighted by Crippen LogP contribution is -2.11. The minimum absolute atomic E-state index is 0.290. The van der Waals surface area contributed by atoms with E-state index in [1.807, 2.05) is 30.3 Å². The van der Waals surface area contributed by atoms with E-state index in [0.717, 1.165) is 48.8 Å². The van der Waals surface area contributed by atoms with Crippen LogP contribution in [0.15, 0.2) is 42.5 Å². The zero-order chi connectivity index (χ0) is 23.9. The normalized spacial score (nSPS) is 12.0. The van der Waals surface area contributed by atoms with Crippen LogP contribution < -0.4 is 4.74 Å². The standard InChI is InChI=1S/C29H41FO3/c1-3-5-7-9-11-13-21-33-28-20-19-25(22-27(28)30)23-15-17-24(18-16-23)26(29(31)32)14-12-10-8-6-4-2/h15-20,22,26H,3-14,21H2,1-2H3,(H,31,32). The highest BCUT2D eigenvalue weighted by Crippen LogP contribution is 2.29. The Hall–Kier alpha value is -2.36. The Morgan fingerprint density at radius 1 is 0.818 bits per heavy atom. The van der Waals surface area contributed by atoms with Gasteiger partial charge in [0.1, 0.15) is 0 Å². The molecule has 0 aliphatic carbocycles. The molecule has 0 saturated carbocycles. The predicted molar refractivity (Wildman–Crippen MR) is 134 cm³/mol. The number of carboxylic acid groups (broad SMARTS) is 1. The third-order valence-corrected chi connectivity index (χ3v) is 6.23. The lowest BCUT2D eigenvalue weighted by Gasteiger charge is -2.14. The van der Waals surface area contributed by atoms with E-state index in [2.05, 4.69) is 13.8 Å². The second-order valence-corrected chi connectivity index (χ2v) is 8.98. The molecular weight excluding hydrogens is 415 g/mol. The van der Waals surface area contributed by atoms with Crippen molar-refractivity contribution in [3.05, 3.63) is 53.8 Å². The highest BCUT2D eigenvalue weighted by Gasteiger charge is 2.19. The van der Waals surface area contributed by atoms with Gasteiger partial charge in [-0.05, 0) is 41.7 Å². The first-order valence-corrected chi connectivity index (χ1v) is 12.8. The highest BCUT2D eigenvalue weighted by atomic mass is 19.1. The van der Waals surface area contributed by atoms with Crippen LogP contribution in [0.4, 0.5) is 4.39 Å². The molecule has 0 bridgehead atoms. The van der Waals surface area contributed by atoms with E-state index in [-0.39, 0.29) is 11.6 Å². The summed E-state index contributed by atoms with van der Waals surface area (Å²) < 4.78 is 20.2. The Bertz CT molecular complexity index is 816. The Morgan fingerprint density at radius 3 is 2.00 bits per heavy atom. The van der Waals surface area contributed by atoms with Crippen molar-refractivity contribution in [3.8, 4) is 16.9 Å². The maximum atomic E-state index is 14.5. The molecule has 0 radical (unpaired) electrons. The van der Waals surface area contributed by atoms with Gasteiger partial charge in [0.25, 0.3) is 0 Å². The first-order chi connectivity index (χ1) is 16.1. The highest BCUT2D eigenvalue weighted by molar-refractivity contribution is 5.76. The van der Waals surface area contributed by atoms with Gasteiger partial charge in [0.15, 0.2) is 11.6 Å². The van der Waals surface area contributed by atoms with Crippen molar-refractivity contribution in [2.75, 3.05) is 6.61 Å². The van der Waals surface area contributed by atoms with Gasteiger partial charge in [0.2, 0.25) is 0 Å². The van der Waals surface area contributed by atoms with E-state index in [9.17, 15) is 14.3 Å². The van der Waals surface area contributed by atoms with E-state index in [1.165, 1.54) is 44.6 Å². The van der Waals surface area contributed by atoms with Crippen LogP contribution in [0.25, 0.3) is 11.1 Å². The number of carboxylic acids is 1. The third-order valence-electron chi connectivity index (χ3n) is 6.23. The summed E-state index contributed by atoms with van der Waals surface area (Å²) in [4.78, 5) is 11.8. The van der Waals surface area contributed by atoms with Crippen LogP contribution in [-0.2, 0) is 4.79 Å². The quantitative estimate of drug-likeness (QED) is 0.242. The molecule has 0 heterocycles. The van der Waals surface area contributed by atoms with Crippen molar-refractivity contribution in [1.29, 1.82) is 0 Å². The second kappa shape index (κ2) is 15.5. The van der Waals surface area contributed by atoms with Crippen LogP contribution in [0, 0.1) is 5.82 Å². The predicted octanol–water partition coefficient (Wildman–Crippen LogP) is 8.76. The van der Waals surface area contributed by atoms with Crippen molar-refractivity contribution in [3.63, 3.8) is 0 Å². The zero-order valence-corrected chi connectivity index (χ0v) is 20.5. The lowest BCUT2D eigenvalue weighted by molar-refractivity contribution is -0.139. The van der Waals surface area contributed by atoms with Gasteiger partial charge in [0, 0.05) is 0 Å². The molecule has 0 amide bonds. The molecule has 2 aromatic carbocycles. The fourth-order valence-electron chi connectivity index (χ4n) is 4.15. The Balaban J connectivity index is 1.90. The van der Waals surface area contributed by atoms with Crippen molar-refractivity contribution < 1.29 is 19.0 Å². The number of halogens is 1. The smallest absolute Gasteiger partial charge is 0.310 e. The monoisotopic (exact) mass is 456 g/mol. The van der Waals surface area contributed by atoms with Crippen molar-refractivity contribution in [2.24, 2.45) is 0 Å². The first kappa shape index (κ1) is 26.9. The van der Waals surface area contributed by atoms with E-state index >= 15 is 0 Å². The molecule has 0 aliphatic rings. The van der Waals surface area contributed by atoms with Crippen LogP contribution in [0.2, 0.25) is 0 Å². The van der Waals surface area contributed by atoms with Crippen LogP contribution in [0.1, 0.15) is 102 Å². The molecule has 1 N–H and O–H groups in total. The molecule has 1 unspecified atom stereocenters. The van der Waals surface area contributed by atoms with E-state index in [1.54, 1.807) is 6.07 Å². The van der Waals surface area contributed by atoms with Crippen molar-refractivity contribution in [2.45, 2.75) is 96.8 Å². The fourth-order valence-corrected chi connectivity index (χ4v) is 4.15. The van der Waals surface area contributed by atoms with Gasteiger partial charge in [0.05, 0.1) is 12.5 Å². The molecule has 0 spiro atoms. The molecule has 0 aromatic heterocycles. The Morgan fingerprint density at radius 2 is 1.39 bits per heavy atom. The average Bonchev–Trinajstić information content (AvgIpc) is 2.81. The van der Waals surface area contributed by atoms with Gasteiger partial charge < -0.3 is 9.84 Å². The fraction of sp³-hybridized carbons (Fsp3) is 0.552. The summed E-state index contributed by atoms with van der Waals surface area (Å²) in [6, 6.07) is 12.5. The van der Waals surface area contributed by atoms with Crippen molar-refractivity contribution >= 4 is 5.97 Å². The molecule has 0 fully saturated rings. The maximum Gasteiger partial charge on any atom is 0.310 e. The Labute approximate surface area is 199 Å². The Kier molecular flexibility index (Phi) is 12.6. The summed E-state index contributed by atoms with van der Waals surface area (Å²) >= 11 is 0. The summed E-state index contributed by atoms with van der Waals surface area (Å²) in [5, 5.41) is 9.66. The molecule has 1 atom stereocenters. The molecule has 2 aromatic rings. The summed E-state index contributed by atoms with van der Waals surface area (Å²) in [5.74, 6) is -1.35. The van der Waals surface area contributed by atoms with Gasteiger partial charge in [-0.2, -0.15) is 0 Å². The second-order valence-electron chi connectivity index (χ2n) is 8.98. The van der Waals surface area contributed by atoms with E-state index in [4.69, 9.17) is 4.74 Å². The number of hydrogen-bond acceptors (Lipinski definition) is 2. The largest absolute Gasteiger partial charge is 0.491 e. The van der Waals surface area contributed by atoms with Gasteiger partial charge in [-0.3, -0.25) is 4.79 Å². The van der Waals surface area contributed by atoms with Gasteiger partial charge >= 0.3 is 5.97 Å². The average molecular weight is 457 g/mol. The summed E-state index contributed by atoms with van der Waals surface area (Å²) in [6.07, 6.45) is 13.2. The third kappa shape index (κ3) is 9.57. The molecule has 182 valence electrons. The number of unbranched alkanes of at least 4 members (excludes halogenated alkanes) is 9. The van der Waals surface area contributed by atoms with E-state index in [0.29, 0.717) is 13.0 Å². The maximum absolute atomic E-state index is 14.5. The minimum Gasteiger partial charge on any atom is -0.491 e. The topological polar surface area (TPSA) is 46.5 Å². The SMILES string of the molecule is CCCCCCCCOc1ccc(-c2ccc(C(CCCCCCC)C(=O)O)cc2)cc1F. The van der Waals surface area contributed by atoms with E-state index < -0.39 is 11.9 Å². The molecule has 0 saturated heterocycles. The molecule has 4 heteroatoms. The molecular formula is C29H41FO3. The summed E-state index contributed by atoms with van der Waals surface area (Å²) in [6.45, 7) is 4.91. The van der Waals surface area contributed by atoms with Gasteiger partial charge in [-0.25, -0.2) is 4.39 Å². The number of aliphatic carboxylic acids is 1. The minimum atomic E-state index is -0.781. The zero-order valence-electron chi connectivity index (χ0n) is 20.5. The van der Waals surface area contributed by atoms with Crippen LogP contribution in [0.5, 0.6) is 5.75 Å². The molecule has 0 aliphatic heterocycles. The van der Waals surface area contributed by atoms with Gasteiger partial charge in [-0.1, -0.05) is 108 Å². The number of benzene rings is 2. The number of hydrogen-bond donors (Lipinski definition) is 1. The summed E-state index contributed by atoms with van der Waals surface area (Å²) in [7, 11) is 0. The first-order valence-electron chi connectivity index (χ1n) is 12.8. The van der Waals surface area contributed by atoms with Gasteiger partial charge in [-0.15, -0.1) is 0 Å². The number of ether oxygens (including phenoxy) is 1. The number of rotatable bonds is 17.